The number of fused-ring (bicyclic) bond motifs is 1. The van der Waals surface area contributed by atoms with E-state index in [0.717, 1.165) is 16.0 Å². The third kappa shape index (κ3) is 2.52. The van der Waals surface area contributed by atoms with Crippen molar-refractivity contribution in [3.8, 4) is 5.75 Å². The van der Waals surface area contributed by atoms with Gasteiger partial charge in [0.1, 0.15) is 12.4 Å². The van der Waals surface area contributed by atoms with Crippen LogP contribution in [0.3, 0.4) is 0 Å². The summed E-state index contributed by atoms with van der Waals surface area (Å²) >= 11 is 1.49. The number of ether oxygens (including phenoxy) is 1. The van der Waals surface area contributed by atoms with Crippen molar-refractivity contribution in [2.45, 2.75) is 6.61 Å². The largest absolute Gasteiger partial charge is 0.487 e. The number of aromatic nitrogens is 1. The second-order valence-electron chi connectivity index (χ2n) is 4.04. The number of nitrogens with one attached hydrogen (secondary N) is 1. The van der Waals surface area contributed by atoms with Gasteiger partial charge in [-0.15, -0.1) is 0 Å². The maximum atomic E-state index is 5.86. The van der Waals surface area contributed by atoms with Crippen LogP contribution in [0.25, 0.3) is 10.8 Å². The van der Waals surface area contributed by atoms with Gasteiger partial charge in [0.15, 0.2) is 5.13 Å². The monoisotopic (exact) mass is 271 g/mol. The average Bonchev–Trinajstić information content (AvgIpc) is 2.93. The van der Waals surface area contributed by atoms with Crippen LogP contribution in [0.4, 0.5) is 5.13 Å². The van der Waals surface area contributed by atoms with Crippen molar-refractivity contribution >= 4 is 27.2 Å². The molecule has 0 atom stereocenters. The number of hydrogen-bond acceptors (Lipinski definition) is 5. The predicted octanol–water partition coefficient (Wildman–Crippen LogP) is 3.16. The summed E-state index contributed by atoms with van der Waals surface area (Å²) in [4.78, 5) is 5.14. The van der Waals surface area contributed by atoms with Gasteiger partial charge in [0.2, 0.25) is 0 Å². The fraction of sp³-hybridized carbons (Fsp3) is 0.0714. The molecule has 0 spiro atoms. The molecule has 1 heterocycles. The Morgan fingerprint density at radius 3 is 2.84 bits per heavy atom. The molecular formula is C14H13N3OS. The highest BCUT2D eigenvalue weighted by molar-refractivity contribution is 7.15. The van der Waals surface area contributed by atoms with E-state index in [2.05, 4.69) is 28.6 Å². The summed E-state index contributed by atoms with van der Waals surface area (Å²) in [7, 11) is 0. The highest BCUT2D eigenvalue weighted by Crippen LogP contribution is 2.27. The van der Waals surface area contributed by atoms with Gasteiger partial charge in [0.25, 0.3) is 0 Å². The second-order valence-corrected chi connectivity index (χ2v) is 5.16. The number of nitrogen functional groups attached to an aromatic ring is 1. The molecule has 0 saturated heterocycles. The summed E-state index contributed by atoms with van der Waals surface area (Å²) in [5, 5.41) is 2.98. The van der Waals surface area contributed by atoms with E-state index in [-0.39, 0.29) is 0 Å². The minimum Gasteiger partial charge on any atom is -0.487 e. The lowest BCUT2D eigenvalue weighted by Crippen LogP contribution is -2.05. The van der Waals surface area contributed by atoms with E-state index in [1.807, 2.05) is 24.3 Å². The van der Waals surface area contributed by atoms with Crippen molar-refractivity contribution in [1.29, 1.82) is 0 Å². The molecule has 5 heteroatoms. The fourth-order valence-corrected chi connectivity index (χ4v) is 2.55. The molecule has 0 unspecified atom stereocenters. The zero-order valence-electron chi connectivity index (χ0n) is 10.2. The SMILES string of the molecule is NNc1ncc(COc2cccc3ccccc23)s1. The minimum absolute atomic E-state index is 0.493. The number of rotatable bonds is 4. The van der Waals surface area contributed by atoms with Gasteiger partial charge >= 0.3 is 0 Å². The first-order valence-electron chi connectivity index (χ1n) is 5.89. The summed E-state index contributed by atoms with van der Waals surface area (Å²) in [5.41, 5.74) is 2.53. The van der Waals surface area contributed by atoms with E-state index in [0.29, 0.717) is 11.7 Å². The van der Waals surface area contributed by atoms with Gasteiger partial charge in [-0.3, -0.25) is 5.43 Å². The zero-order chi connectivity index (χ0) is 13.1. The molecule has 19 heavy (non-hydrogen) atoms. The van der Waals surface area contributed by atoms with Crippen LogP contribution in [0.5, 0.6) is 5.75 Å². The van der Waals surface area contributed by atoms with Crippen molar-refractivity contribution in [2.24, 2.45) is 5.84 Å². The number of thiazole rings is 1. The third-order valence-corrected chi connectivity index (χ3v) is 3.70. The molecule has 3 aromatic rings. The Kier molecular flexibility index (Phi) is 3.31. The topological polar surface area (TPSA) is 60.2 Å². The van der Waals surface area contributed by atoms with Crippen molar-refractivity contribution in [1.82, 2.24) is 4.98 Å². The number of nitrogens with two attached hydrogens (primary N) is 1. The molecule has 0 radical (unpaired) electrons. The molecule has 3 rings (SSSR count). The van der Waals surface area contributed by atoms with Crippen LogP contribution in [0.2, 0.25) is 0 Å². The molecule has 96 valence electrons. The minimum atomic E-state index is 0.493. The van der Waals surface area contributed by atoms with Crippen molar-refractivity contribution in [2.75, 3.05) is 5.43 Å². The number of benzene rings is 2. The van der Waals surface area contributed by atoms with E-state index in [1.54, 1.807) is 6.20 Å². The highest BCUT2D eigenvalue weighted by Gasteiger charge is 2.04. The predicted molar refractivity (Wildman–Crippen MR) is 78.2 cm³/mol. The molecule has 0 saturated carbocycles. The van der Waals surface area contributed by atoms with Gasteiger partial charge in [-0.1, -0.05) is 47.7 Å². The van der Waals surface area contributed by atoms with Crippen LogP contribution in [0.15, 0.2) is 48.7 Å². The zero-order valence-corrected chi connectivity index (χ0v) is 11.0. The molecule has 0 fully saturated rings. The molecule has 2 aromatic carbocycles. The lowest BCUT2D eigenvalue weighted by Gasteiger charge is -2.07. The molecule has 0 aliphatic carbocycles. The van der Waals surface area contributed by atoms with Gasteiger partial charge in [-0.05, 0) is 11.5 Å². The third-order valence-electron chi connectivity index (χ3n) is 2.80. The summed E-state index contributed by atoms with van der Waals surface area (Å²) in [5.74, 6) is 6.19. The van der Waals surface area contributed by atoms with Gasteiger partial charge in [-0.2, -0.15) is 0 Å². The van der Waals surface area contributed by atoms with Crippen LogP contribution in [-0.2, 0) is 6.61 Å². The van der Waals surface area contributed by atoms with E-state index in [9.17, 15) is 0 Å². The Bertz CT molecular complexity index is 690. The molecule has 1 aromatic heterocycles. The standard InChI is InChI=1S/C14H13N3OS/c15-17-14-16-8-11(19-14)9-18-13-7-3-5-10-4-1-2-6-12(10)13/h1-8H,9,15H2,(H,16,17). The van der Waals surface area contributed by atoms with Crippen LogP contribution in [0.1, 0.15) is 4.88 Å². The summed E-state index contributed by atoms with van der Waals surface area (Å²) in [6, 6.07) is 14.2. The van der Waals surface area contributed by atoms with Crippen LogP contribution < -0.4 is 16.0 Å². The Hall–Kier alpha value is -2.11. The Morgan fingerprint density at radius 1 is 1.16 bits per heavy atom. The molecule has 0 amide bonds. The highest BCUT2D eigenvalue weighted by atomic mass is 32.1. The molecule has 0 aliphatic rings. The summed E-state index contributed by atoms with van der Waals surface area (Å²) in [6.45, 7) is 0.493. The normalized spacial score (nSPS) is 10.6. The van der Waals surface area contributed by atoms with E-state index in [4.69, 9.17) is 10.6 Å². The van der Waals surface area contributed by atoms with Crippen molar-refractivity contribution in [3.05, 3.63) is 53.5 Å². The first-order chi connectivity index (χ1) is 9.36. The summed E-state index contributed by atoms with van der Waals surface area (Å²) in [6.07, 6.45) is 1.77. The quantitative estimate of drug-likeness (QED) is 0.565. The van der Waals surface area contributed by atoms with Gasteiger partial charge in [-0.25, -0.2) is 10.8 Å². The second kappa shape index (κ2) is 5.26. The van der Waals surface area contributed by atoms with Crippen LogP contribution in [-0.4, -0.2) is 4.98 Å². The van der Waals surface area contributed by atoms with Crippen molar-refractivity contribution in [3.63, 3.8) is 0 Å². The Labute approximate surface area is 114 Å². The maximum absolute atomic E-state index is 5.86. The van der Waals surface area contributed by atoms with E-state index < -0.39 is 0 Å². The molecule has 4 nitrogen and oxygen atoms in total. The van der Waals surface area contributed by atoms with Crippen LogP contribution in [0, 0.1) is 0 Å². The fourth-order valence-electron chi connectivity index (χ4n) is 1.91. The number of hydrogen-bond donors (Lipinski definition) is 2. The first kappa shape index (κ1) is 12.0. The maximum Gasteiger partial charge on any atom is 0.197 e. The van der Waals surface area contributed by atoms with Gasteiger partial charge < -0.3 is 4.74 Å². The number of hydrazine groups is 1. The molecule has 3 N–H and O–H groups in total. The molecule has 0 bridgehead atoms. The van der Waals surface area contributed by atoms with E-state index in [1.165, 1.54) is 16.7 Å². The summed E-state index contributed by atoms with van der Waals surface area (Å²) < 4.78 is 5.86. The van der Waals surface area contributed by atoms with E-state index >= 15 is 0 Å². The van der Waals surface area contributed by atoms with Gasteiger partial charge in [0.05, 0.1) is 4.88 Å². The smallest absolute Gasteiger partial charge is 0.197 e. The Morgan fingerprint density at radius 2 is 2.00 bits per heavy atom. The number of anilines is 1. The first-order valence-corrected chi connectivity index (χ1v) is 6.70. The average molecular weight is 271 g/mol. The molecular weight excluding hydrogens is 258 g/mol. The van der Waals surface area contributed by atoms with Crippen LogP contribution >= 0.6 is 11.3 Å². The van der Waals surface area contributed by atoms with Crippen molar-refractivity contribution < 1.29 is 4.74 Å². The lowest BCUT2D eigenvalue weighted by molar-refractivity contribution is 0.313. The lowest BCUT2D eigenvalue weighted by atomic mass is 10.1. The number of nitrogens with zero attached hydrogens (tertiary/aromatic N) is 1. The molecule has 0 aliphatic heterocycles. The van der Waals surface area contributed by atoms with Gasteiger partial charge in [0, 0.05) is 11.6 Å². The Balaban J connectivity index is 1.81.